The van der Waals surface area contributed by atoms with Gasteiger partial charge in [-0.25, -0.2) is 0 Å². The van der Waals surface area contributed by atoms with E-state index >= 15 is 0 Å². The summed E-state index contributed by atoms with van der Waals surface area (Å²) in [4.78, 5) is 11.8. The Morgan fingerprint density at radius 3 is 2.65 bits per heavy atom. The number of unbranched alkanes of at least 4 members (excludes halogenated alkanes) is 1. The normalized spacial score (nSPS) is 11.8. The summed E-state index contributed by atoms with van der Waals surface area (Å²) < 4.78 is 10.6. The maximum atomic E-state index is 11.8. The van der Waals surface area contributed by atoms with Gasteiger partial charge in [0.15, 0.2) is 0 Å². The largest absolute Gasteiger partial charge is 0.497 e. The molecule has 1 aromatic rings. The Hall–Kier alpha value is -1.71. The average molecular weight is 279 g/mol. The molecule has 0 saturated carbocycles. The maximum absolute atomic E-state index is 11.8. The van der Waals surface area contributed by atoms with E-state index in [0.717, 1.165) is 36.4 Å². The quantitative estimate of drug-likeness (QED) is 0.744. The first-order valence-electron chi connectivity index (χ1n) is 7.11. The molecule has 0 aliphatic rings. The third kappa shape index (κ3) is 4.76. The van der Waals surface area contributed by atoms with E-state index in [1.807, 2.05) is 25.1 Å². The molecule has 0 spiro atoms. The van der Waals surface area contributed by atoms with Gasteiger partial charge in [-0.15, -0.1) is 0 Å². The monoisotopic (exact) mass is 279 g/mol. The van der Waals surface area contributed by atoms with Crippen LogP contribution in [0.3, 0.4) is 0 Å². The molecule has 1 aromatic carbocycles. The zero-order valence-electron chi connectivity index (χ0n) is 12.9. The molecule has 0 heterocycles. The van der Waals surface area contributed by atoms with E-state index in [2.05, 4.69) is 12.2 Å². The number of hydrogen-bond acceptors (Lipinski definition) is 3. The third-order valence-electron chi connectivity index (χ3n) is 3.32. The van der Waals surface area contributed by atoms with Crippen LogP contribution < -0.4 is 14.8 Å². The first-order valence-corrected chi connectivity index (χ1v) is 7.11. The molecule has 0 fully saturated rings. The van der Waals surface area contributed by atoms with Crippen LogP contribution in [0.1, 0.15) is 44.6 Å². The molecule has 0 radical (unpaired) electrons. The van der Waals surface area contributed by atoms with Gasteiger partial charge in [-0.3, -0.25) is 4.79 Å². The lowest BCUT2D eigenvalue weighted by Gasteiger charge is -2.16. The maximum Gasteiger partial charge on any atom is 0.220 e. The Morgan fingerprint density at radius 1 is 1.30 bits per heavy atom. The van der Waals surface area contributed by atoms with Crippen LogP contribution in [0, 0.1) is 0 Å². The van der Waals surface area contributed by atoms with E-state index in [1.54, 1.807) is 14.2 Å². The van der Waals surface area contributed by atoms with E-state index in [9.17, 15) is 4.79 Å². The van der Waals surface area contributed by atoms with Gasteiger partial charge in [-0.05, 0) is 24.0 Å². The van der Waals surface area contributed by atoms with Gasteiger partial charge in [0.2, 0.25) is 5.91 Å². The molecule has 0 aliphatic heterocycles. The molecule has 1 rings (SSSR count). The van der Waals surface area contributed by atoms with Crippen molar-refractivity contribution in [3.8, 4) is 11.5 Å². The molecule has 0 bridgehead atoms. The number of ether oxygens (including phenoxy) is 2. The van der Waals surface area contributed by atoms with Crippen molar-refractivity contribution in [1.82, 2.24) is 5.32 Å². The smallest absolute Gasteiger partial charge is 0.220 e. The summed E-state index contributed by atoms with van der Waals surface area (Å²) in [6.45, 7) is 4.89. The second-order valence-electron chi connectivity index (χ2n) is 4.92. The lowest BCUT2D eigenvalue weighted by Crippen LogP contribution is -2.25. The molecular weight excluding hydrogens is 254 g/mol. The van der Waals surface area contributed by atoms with Crippen LogP contribution in [0.25, 0.3) is 0 Å². The van der Waals surface area contributed by atoms with Crippen molar-refractivity contribution in [3.05, 3.63) is 23.8 Å². The molecular formula is C16H25NO3. The molecule has 1 unspecified atom stereocenters. The summed E-state index contributed by atoms with van der Waals surface area (Å²) >= 11 is 0. The Labute approximate surface area is 121 Å². The van der Waals surface area contributed by atoms with Crippen molar-refractivity contribution >= 4 is 5.91 Å². The number of nitrogens with one attached hydrogen (secondary N) is 1. The second-order valence-corrected chi connectivity index (χ2v) is 4.92. The minimum absolute atomic E-state index is 0.0869. The summed E-state index contributed by atoms with van der Waals surface area (Å²) in [6, 6.07) is 5.70. The number of rotatable bonds is 8. The van der Waals surface area contributed by atoms with Gasteiger partial charge in [-0.2, -0.15) is 0 Å². The van der Waals surface area contributed by atoms with E-state index in [-0.39, 0.29) is 11.8 Å². The van der Waals surface area contributed by atoms with Crippen molar-refractivity contribution < 1.29 is 14.3 Å². The number of carbonyl (C=O) groups is 1. The molecule has 4 heteroatoms. The molecule has 1 amide bonds. The molecule has 4 nitrogen and oxygen atoms in total. The second kappa shape index (κ2) is 8.46. The van der Waals surface area contributed by atoms with Gasteiger partial charge in [0.25, 0.3) is 0 Å². The Balaban J connectivity index is 2.66. The highest BCUT2D eigenvalue weighted by atomic mass is 16.5. The van der Waals surface area contributed by atoms with E-state index in [4.69, 9.17) is 9.47 Å². The average Bonchev–Trinajstić information content (AvgIpc) is 2.46. The predicted octanol–water partition coefficient (Wildman–Crippen LogP) is 3.11. The third-order valence-corrected chi connectivity index (χ3v) is 3.32. The van der Waals surface area contributed by atoms with E-state index in [1.165, 1.54) is 0 Å². The lowest BCUT2D eigenvalue weighted by molar-refractivity contribution is -0.121. The van der Waals surface area contributed by atoms with Crippen molar-refractivity contribution in [2.24, 2.45) is 0 Å². The van der Waals surface area contributed by atoms with Crippen LogP contribution >= 0.6 is 0 Å². The Kier molecular flexibility index (Phi) is 6.91. The Bertz CT molecular complexity index is 432. The summed E-state index contributed by atoms with van der Waals surface area (Å²) in [5.41, 5.74) is 1.03. The number of methoxy groups -OCH3 is 2. The highest BCUT2D eigenvalue weighted by Crippen LogP contribution is 2.31. The molecule has 112 valence electrons. The highest BCUT2D eigenvalue weighted by Gasteiger charge is 2.15. The van der Waals surface area contributed by atoms with Gasteiger partial charge < -0.3 is 14.8 Å². The van der Waals surface area contributed by atoms with Crippen LogP contribution in [0.15, 0.2) is 18.2 Å². The minimum Gasteiger partial charge on any atom is -0.497 e. The number of carbonyl (C=O) groups excluding carboxylic acids is 1. The van der Waals surface area contributed by atoms with Crippen molar-refractivity contribution in [2.45, 2.75) is 39.0 Å². The van der Waals surface area contributed by atoms with Crippen LogP contribution in [-0.2, 0) is 4.79 Å². The van der Waals surface area contributed by atoms with Crippen LogP contribution in [-0.4, -0.2) is 26.7 Å². The standard InChI is InChI=1S/C16H25NO3/c1-5-6-9-17-16(18)10-12(2)14-8-7-13(19-3)11-15(14)20-4/h7-8,11-12H,5-6,9-10H2,1-4H3,(H,17,18). The SMILES string of the molecule is CCCCNC(=O)CC(C)c1ccc(OC)cc1OC. The topological polar surface area (TPSA) is 47.6 Å². The lowest BCUT2D eigenvalue weighted by atomic mass is 9.96. The van der Waals surface area contributed by atoms with Crippen LogP contribution in [0.4, 0.5) is 0 Å². The number of benzene rings is 1. The highest BCUT2D eigenvalue weighted by molar-refractivity contribution is 5.77. The fourth-order valence-corrected chi connectivity index (χ4v) is 2.09. The molecule has 1 atom stereocenters. The van der Waals surface area contributed by atoms with Crippen molar-refractivity contribution in [2.75, 3.05) is 20.8 Å². The van der Waals surface area contributed by atoms with Gasteiger partial charge in [0.1, 0.15) is 11.5 Å². The van der Waals surface area contributed by atoms with Crippen molar-refractivity contribution in [3.63, 3.8) is 0 Å². The molecule has 0 aliphatic carbocycles. The van der Waals surface area contributed by atoms with Crippen molar-refractivity contribution in [1.29, 1.82) is 0 Å². The number of amides is 1. The van der Waals surface area contributed by atoms with Crippen LogP contribution in [0.5, 0.6) is 11.5 Å². The van der Waals surface area contributed by atoms with E-state index < -0.39 is 0 Å². The molecule has 1 N–H and O–H groups in total. The molecule has 20 heavy (non-hydrogen) atoms. The Morgan fingerprint density at radius 2 is 2.05 bits per heavy atom. The van der Waals surface area contributed by atoms with Crippen LogP contribution in [0.2, 0.25) is 0 Å². The van der Waals surface area contributed by atoms with Gasteiger partial charge in [0, 0.05) is 19.0 Å². The summed E-state index contributed by atoms with van der Waals surface area (Å²) in [6.07, 6.45) is 2.57. The number of hydrogen-bond donors (Lipinski definition) is 1. The predicted molar refractivity (Wildman–Crippen MR) is 80.5 cm³/mol. The van der Waals surface area contributed by atoms with Gasteiger partial charge >= 0.3 is 0 Å². The molecule has 0 saturated heterocycles. The fraction of sp³-hybridized carbons (Fsp3) is 0.562. The molecule has 0 aromatic heterocycles. The zero-order valence-corrected chi connectivity index (χ0v) is 12.9. The van der Waals surface area contributed by atoms with Gasteiger partial charge in [0.05, 0.1) is 14.2 Å². The van der Waals surface area contributed by atoms with E-state index in [0.29, 0.717) is 6.42 Å². The summed E-state index contributed by atoms with van der Waals surface area (Å²) in [7, 11) is 3.26. The summed E-state index contributed by atoms with van der Waals surface area (Å²) in [5, 5.41) is 2.94. The fourth-order valence-electron chi connectivity index (χ4n) is 2.09. The van der Waals surface area contributed by atoms with Gasteiger partial charge in [-0.1, -0.05) is 26.3 Å². The first kappa shape index (κ1) is 16.3. The summed E-state index contributed by atoms with van der Waals surface area (Å²) in [5.74, 6) is 1.71. The zero-order chi connectivity index (χ0) is 15.0. The first-order chi connectivity index (χ1) is 9.62. The minimum atomic E-state index is 0.0869.